The van der Waals surface area contributed by atoms with Crippen LogP contribution in [-0.4, -0.2) is 62.2 Å². The standard InChI is InChI=1S/C14H20N4O3/c1-21-12-2-3-13(18(19)20)14(8-12)17-6-4-16(5-7-17)11-9-15-10-11/h2-3,8,11,15H,4-7,9-10H2,1H3. The van der Waals surface area contributed by atoms with E-state index in [0.29, 0.717) is 17.5 Å². The van der Waals surface area contributed by atoms with Gasteiger partial charge in [-0.25, -0.2) is 0 Å². The van der Waals surface area contributed by atoms with Gasteiger partial charge in [0.2, 0.25) is 0 Å². The SMILES string of the molecule is COc1ccc([N+](=O)[O-])c(N2CCN(C3CNC3)CC2)c1. The van der Waals surface area contributed by atoms with Gasteiger partial charge < -0.3 is 15.0 Å². The summed E-state index contributed by atoms with van der Waals surface area (Å²) < 4.78 is 5.20. The summed E-state index contributed by atoms with van der Waals surface area (Å²) in [6, 6.07) is 5.56. The van der Waals surface area contributed by atoms with Crippen molar-refractivity contribution in [3.05, 3.63) is 28.3 Å². The minimum Gasteiger partial charge on any atom is -0.497 e. The summed E-state index contributed by atoms with van der Waals surface area (Å²) in [4.78, 5) is 15.4. The van der Waals surface area contributed by atoms with E-state index < -0.39 is 0 Å². The number of nitrogens with zero attached hydrogens (tertiary/aromatic N) is 3. The largest absolute Gasteiger partial charge is 0.497 e. The van der Waals surface area contributed by atoms with Crippen molar-refractivity contribution >= 4 is 11.4 Å². The van der Waals surface area contributed by atoms with Gasteiger partial charge in [0.25, 0.3) is 5.69 Å². The summed E-state index contributed by atoms with van der Waals surface area (Å²) in [6.45, 7) is 5.62. The first kappa shape index (κ1) is 14.1. The van der Waals surface area contributed by atoms with Crippen LogP contribution in [0, 0.1) is 10.1 Å². The number of nitro groups is 1. The van der Waals surface area contributed by atoms with E-state index in [1.165, 1.54) is 6.07 Å². The van der Waals surface area contributed by atoms with Crippen LogP contribution in [0.5, 0.6) is 5.75 Å². The van der Waals surface area contributed by atoms with Crippen molar-refractivity contribution in [1.82, 2.24) is 10.2 Å². The van der Waals surface area contributed by atoms with E-state index in [9.17, 15) is 10.1 Å². The van der Waals surface area contributed by atoms with Crippen LogP contribution in [-0.2, 0) is 0 Å². The molecular weight excluding hydrogens is 272 g/mol. The van der Waals surface area contributed by atoms with Crippen molar-refractivity contribution in [2.45, 2.75) is 6.04 Å². The second-order valence-electron chi connectivity index (χ2n) is 5.45. The molecule has 7 nitrogen and oxygen atoms in total. The van der Waals surface area contributed by atoms with Gasteiger partial charge >= 0.3 is 0 Å². The van der Waals surface area contributed by atoms with Crippen LogP contribution in [0.1, 0.15) is 0 Å². The Labute approximate surface area is 123 Å². The second-order valence-corrected chi connectivity index (χ2v) is 5.45. The number of hydrogen-bond donors (Lipinski definition) is 1. The zero-order valence-corrected chi connectivity index (χ0v) is 12.1. The minimum atomic E-state index is -0.322. The molecule has 1 aromatic carbocycles. The molecule has 0 spiro atoms. The fourth-order valence-corrected chi connectivity index (χ4v) is 2.90. The lowest BCUT2D eigenvalue weighted by Gasteiger charge is -2.43. The number of piperazine rings is 1. The van der Waals surface area contributed by atoms with Gasteiger partial charge in [-0.3, -0.25) is 15.0 Å². The molecule has 2 aliphatic heterocycles. The van der Waals surface area contributed by atoms with E-state index >= 15 is 0 Å². The molecule has 0 amide bonds. The van der Waals surface area contributed by atoms with Crippen molar-refractivity contribution in [2.75, 3.05) is 51.3 Å². The molecule has 0 aromatic heterocycles. The Hall–Kier alpha value is -1.86. The lowest BCUT2D eigenvalue weighted by molar-refractivity contribution is -0.384. The topological polar surface area (TPSA) is 70.9 Å². The zero-order chi connectivity index (χ0) is 14.8. The Morgan fingerprint density at radius 2 is 2.00 bits per heavy atom. The third-order valence-electron chi connectivity index (χ3n) is 4.31. The van der Waals surface area contributed by atoms with Crippen LogP contribution in [0.4, 0.5) is 11.4 Å². The Balaban J connectivity index is 1.75. The van der Waals surface area contributed by atoms with Crippen LogP contribution in [0.25, 0.3) is 0 Å². The molecule has 3 rings (SSSR count). The number of nitrogens with one attached hydrogen (secondary N) is 1. The van der Waals surface area contributed by atoms with Crippen LogP contribution >= 0.6 is 0 Å². The highest BCUT2D eigenvalue weighted by atomic mass is 16.6. The molecule has 1 aromatic rings. The van der Waals surface area contributed by atoms with Gasteiger partial charge in [-0.1, -0.05) is 0 Å². The minimum absolute atomic E-state index is 0.148. The highest BCUT2D eigenvalue weighted by Gasteiger charge is 2.29. The summed E-state index contributed by atoms with van der Waals surface area (Å²) >= 11 is 0. The van der Waals surface area contributed by atoms with Crippen molar-refractivity contribution in [3.8, 4) is 5.75 Å². The molecule has 2 fully saturated rings. The number of rotatable bonds is 4. The third-order valence-corrected chi connectivity index (χ3v) is 4.31. The van der Waals surface area contributed by atoms with Crippen LogP contribution in [0.3, 0.4) is 0 Å². The van der Waals surface area contributed by atoms with Crippen LogP contribution < -0.4 is 15.0 Å². The van der Waals surface area contributed by atoms with E-state index in [0.717, 1.165) is 39.3 Å². The molecule has 7 heteroatoms. The molecule has 0 unspecified atom stereocenters. The molecule has 0 bridgehead atoms. The number of benzene rings is 1. The van der Waals surface area contributed by atoms with E-state index in [4.69, 9.17) is 4.74 Å². The Morgan fingerprint density at radius 1 is 1.29 bits per heavy atom. The number of nitro benzene ring substituents is 1. The van der Waals surface area contributed by atoms with Crippen molar-refractivity contribution in [3.63, 3.8) is 0 Å². The molecule has 114 valence electrons. The lowest BCUT2D eigenvalue weighted by Crippen LogP contribution is -2.61. The number of ether oxygens (including phenoxy) is 1. The molecule has 21 heavy (non-hydrogen) atoms. The summed E-state index contributed by atoms with van der Waals surface area (Å²) in [5, 5.41) is 14.5. The maximum Gasteiger partial charge on any atom is 0.292 e. The third kappa shape index (κ3) is 2.79. The fourth-order valence-electron chi connectivity index (χ4n) is 2.90. The van der Waals surface area contributed by atoms with Gasteiger partial charge in [0.05, 0.1) is 12.0 Å². The maximum absolute atomic E-state index is 11.2. The van der Waals surface area contributed by atoms with E-state index in [1.807, 2.05) is 0 Å². The van der Waals surface area contributed by atoms with Crippen LogP contribution in [0.15, 0.2) is 18.2 Å². The Morgan fingerprint density at radius 3 is 2.52 bits per heavy atom. The Kier molecular flexibility index (Phi) is 3.94. The smallest absolute Gasteiger partial charge is 0.292 e. The van der Waals surface area contributed by atoms with Crippen molar-refractivity contribution in [1.29, 1.82) is 0 Å². The summed E-state index contributed by atoms with van der Waals surface area (Å²) in [5.74, 6) is 0.654. The molecule has 2 aliphatic rings. The Bertz CT molecular complexity index is 525. The average Bonchev–Trinajstić information content (AvgIpc) is 2.45. The molecule has 0 saturated carbocycles. The second kappa shape index (κ2) is 5.87. The first-order valence-corrected chi connectivity index (χ1v) is 7.21. The quantitative estimate of drug-likeness (QED) is 0.650. The normalized spacial score (nSPS) is 20.1. The molecule has 0 radical (unpaired) electrons. The van der Waals surface area contributed by atoms with Gasteiger partial charge in [-0.2, -0.15) is 0 Å². The van der Waals surface area contributed by atoms with Crippen molar-refractivity contribution in [2.24, 2.45) is 0 Å². The van der Waals surface area contributed by atoms with E-state index in [2.05, 4.69) is 15.1 Å². The summed E-state index contributed by atoms with van der Waals surface area (Å²) in [7, 11) is 1.58. The van der Waals surface area contributed by atoms with Gasteiger partial charge in [0.1, 0.15) is 11.4 Å². The van der Waals surface area contributed by atoms with Gasteiger partial charge in [0.15, 0.2) is 0 Å². The first-order valence-electron chi connectivity index (χ1n) is 7.21. The van der Waals surface area contributed by atoms with Crippen LogP contribution in [0.2, 0.25) is 0 Å². The zero-order valence-electron chi connectivity index (χ0n) is 12.1. The first-order chi connectivity index (χ1) is 10.2. The molecule has 2 saturated heterocycles. The predicted octanol–water partition coefficient (Wildman–Crippen LogP) is 0.697. The van der Waals surface area contributed by atoms with Crippen molar-refractivity contribution < 1.29 is 9.66 Å². The predicted molar refractivity (Wildman–Crippen MR) is 80.1 cm³/mol. The van der Waals surface area contributed by atoms with E-state index in [1.54, 1.807) is 19.2 Å². The molecular formula is C14H20N4O3. The number of methoxy groups -OCH3 is 1. The van der Waals surface area contributed by atoms with Gasteiger partial charge in [0, 0.05) is 57.4 Å². The highest BCUT2D eigenvalue weighted by molar-refractivity contribution is 5.66. The van der Waals surface area contributed by atoms with Gasteiger partial charge in [-0.05, 0) is 6.07 Å². The molecule has 1 N–H and O–H groups in total. The summed E-state index contributed by atoms with van der Waals surface area (Å²) in [5.41, 5.74) is 0.806. The summed E-state index contributed by atoms with van der Waals surface area (Å²) in [6.07, 6.45) is 0. The molecule has 0 atom stereocenters. The monoisotopic (exact) mass is 292 g/mol. The maximum atomic E-state index is 11.2. The number of anilines is 1. The lowest BCUT2D eigenvalue weighted by atomic mass is 10.1. The average molecular weight is 292 g/mol. The van der Waals surface area contributed by atoms with E-state index in [-0.39, 0.29) is 10.6 Å². The van der Waals surface area contributed by atoms with Gasteiger partial charge in [-0.15, -0.1) is 0 Å². The molecule has 2 heterocycles. The fraction of sp³-hybridized carbons (Fsp3) is 0.571. The number of hydrogen-bond acceptors (Lipinski definition) is 6. The highest BCUT2D eigenvalue weighted by Crippen LogP contribution is 2.32. The molecule has 0 aliphatic carbocycles.